The van der Waals surface area contributed by atoms with Crippen LogP contribution in [0.25, 0.3) is 0 Å². The molecule has 0 aliphatic heterocycles. The minimum atomic E-state index is -3.45. The van der Waals surface area contributed by atoms with Gasteiger partial charge in [0.25, 0.3) is 10.0 Å². The van der Waals surface area contributed by atoms with E-state index < -0.39 is 10.0 Å². The molecule has 1 aromatic heterocycles. The van der Waals surface area contributed by atoms with E-state index >= 15 is 0 Å². The first-order chi connectivity index (χ1) is 7.97. The molecule has 1 heterocycles. The van der Waals surface area contributed by atoms with Crippen LogP contribution in [0.15, 0.2) is 17.6 Å². The number of aryl methyl sites for hydroxylation is 1. The number of sulfonamides is 1. The lowest BCUT2D eigenvalue weighted by atomic mass is 10.1. The van der Waals surface area contributed by atoms with E-state index in [0.29, 0.717) is 6.54 Å². The molecule has 7 heteroatoms. The number of nitrogens with one attached hydrogen (secondary N) is 1. The first-order valence-corrected chi connectivity index (χ1v) is 8.12. The molecule has 17 heavy (non-hydrogen) atoms. The monoisotopic (exact) mass is 321 g/mol. The molecule has 0 unspecified atom stereocenters. The average Bonchev–Trinajstić information content (AvgIpc) is 2.89. The van der Waals surface area contributed by atoms with Gasteiger partial charge in [0.15, 0.2) is 5.03 Å². The topological polar surface area (TPSA) is 64.0 Å². The quantitative estimate of drug-likeness (QED) is 0.802. The first kappa shape index (κ1) is 13.0. The standard InChI is InChI=1S/C10H16BrN3O2S/c1-14-6-9(12-8-14)17(15,16)13-7-10(2-3-10)4-5-11/h6,8,13H,2-5,7H2,1H3. The summed E-state index contributed by atoms with van der Waals surface area (Å²) in [6, 6.07) is 0. The van der Waals surface area contributed by atoms with E-state index in [1.54, 1.807) is 11.6 Å². The lowest BCUT2D eigenvalue weighted by Gasteiger charge is -2.13. The maximum atomic E-state index is 11.9. The minimum absolute atomic E-state index is 0.0923. The highest BCUT2D eigenvalue weighted by molar-refractivity contribution is 9.09. The summed E-state index contributed by atoms with van der Waals surface area (Å²) in [5.74, 6) is 0. The first-order valence-electron chi connectivity index (χ1n) is 5.51. The van der Waals surface area contributed by atoms with Crippen LogP contribution in [0.1, 0.15) is 19.3 Å². The lowest BCUT2D eigenvalue weighted by molar-refractivity contribution is 0.479. The number of hydrogen-bond donors (Lipinski definition) is 1. The summed E-state index contributed by atoms with van der Waals surface area (Å²) in [6.45, 7) is 0.511. The molecule has 1 N–H and O–H groups in total. The van der Waals surface area contributed by atoms with Gasteiger partial charge in [0.2, 0.25) is 0 Å². The average molecular weight is 322 g/mol. The number of rotatable bonds is 6. The molecule has 0 atom stereocenters. The van der Waals surface area contributed by atoms with Gasteiger partial charge < -0.3 is 4.57 Å². The Kier molecular flexibility index (Phi) is 3.61. The molecule has 0 amide bonds. The van der Waals surface area contributed by atoms with E-state index in [-0.39, 0.29) is 10.4 Å². The van der Waals surface area contributed by atoms with Gasteiger partial charge >= 0.3 is 0 Å². The zero-order valence-electron chi connectivity index (χ0n) is 9.69. The maximum absolute atomic E-state index is 11.9. The normalized spacial score (nSPS) is 18.2. The van der Waals surface area contributed by atoms with Gasteiger partial charge in [-0.1, -0.05) is 15.9 Å². The summed E-state index contributed by atoms with van der Waals surface area (Å²) >= 11 is 3.40. The third-order valence-corrected chi connectivity index (χ3v) is 4.86. The van der Waals surface area contributed by atoms with Crippen molar-refractivity contribution < 1.29 is 8.42 Å². The summed E-state index contributed by atoms with van der Waals surface area (Å²) in [5.41, 5.74) is 0.172. The molecule has 1 saturated carbocycles. The van der Waals surface area contributed by atoms with Crippen molar-refractivity contribution in [1.82, 2.24) is 14.3 Å². The summed E-state index contributed by atoms with van der Waals surface area (Å²) in [6.07, 6.45) is 6.21. The van der Waals surface area contributed by atoms with E-state index in [9.17, 15) is 8.42 Å². The molecule has 2 rings (SSSR count). The van der Waals surface area contributed by atoms with Crippen molar-refractivity contribution >= 4 is 26.0 Å². The van der Waals surface area contributed by atoms with Crippen LogP contribution >= 0.6 is 15.9 Å². The molecule has 1 fully saturated rings. The fraction of sp³-hybridized carbons (Fsp3) is 0.700. The number of alkyl halides is 1. The van der Waals surface area contributed by atoms with E-state index in [4.69, 9.17) is 0 Å². The highest BCUT2D eigenvalue weighted by atomic mass is 79.9. The summed E-state index contributed by atoms with van der Waals surface area (Å²) < 4.78 is 28.1. The van der Waals surface area contributed by atoms with Crippen molar-refractivity contribution in [3.05, 3.63) is 12.5 Å². The predicted molar refractivity (Wildman–Crippen MR) is 68.5 cm³/mol. The van der Waals surface area contributed by atoms with Crippen LogP contribution < -0.4 is 4.72 Å². The Hall–Kier alpha value is -0.400. The smallest absolute Gasteiger partial charge is 0.259 e. The van der Waals surface area contributed by atoms with Gasteiger partial charge in [-0.15, -0.1) is 0 Å². The van der Waals surface area contributed by atoms with E-state index in [1.807, 2.05) is 0 Å². The number of aromatic nitrogens is 2. The molecule has 0 saturated heterocycles. The van der Waals surface area contributed by atoms with Crippen LogP contribution in [-0.4, -0.2) is 29.8 Å². The van der Waals surface area contributed by atoms with Gasteiger partial charge in [-0.05, 0) is 24.7 Å². The Morgan fingerprint density at radius 1 is 1.59 bits per heavy atom. The molecule has 96 valence electrons. The highest BCUT2D eigenvalue weighted by Crippen LogP contribution is 2.48. The van der Waals surface area contributed by atoms with E-state index in [1.165, 1.54) is 12.5 Å². The Balaban J connectivity index is 1.99. The second-order valence-electron chi connectivity index (χ2n) is 4.64. The largest absolute Gasteiger partial charge is 0.339 e. The van der Waals surface area contributed by atoms with Crippen molar-refractivity contribution in [2.45, 2.75) is 24.3 Å². The van der Waals surface area contributed by atoms with Gasteiger partial charge in [-0.3, -0.25) is 0 Å². The fourth-order valence-electron chi connectivity index (χ4n) is 1.74. The van der Waals surface area contributed by atoms with Gasteiger partial charge in [-0.25, -0.2) is 18.1 Å². The summed E-state index contributed by atoms with van der Waals surface area (Å²) in [7, 11) is -1.70. The molecule has 0 radical (unpaired) electrons. The van der Waals surface area contributed by atoms with Crippen LogP contribution in [0.2, 0.25) is 0 Å². The second-order valence-corrected chi connectivity index (χ2v) is 7.15. The zero-order valence-corrected chi connectivity index (χ0v) is 12.1. The third-order valence-electron chi connectivity index (χ3n) is 3.18. The highest BCUT2D eigenvalue weighted by Gasteiger charge is 2.42. The van der Waals surface area contributed by atoms with Gasteiger partial charge in [0.1, 0.15) is 0 Å². The molecule has 0 aromatic carbocycles. The molecule has 0 bridgehead atoms. The maximum Gasteiger partial charge on any atom is 0.259 e. The van der Waals surface area contributed by atoms with Crippen LogP contribution in [0.4, 0.5) is 0 Å². The molecular formula is C10H16BrN3O2S. The van der Waals surface area contributed by atoms with Gasteiger partial charge in [0.05, 0.1) is 6.33 Å². The lowest BCUT2D eigenvalue weighted by Crippen LogP contribution is -2.30. The number of hydrogen-bond acceptors (Lipinski definition) is 3. The molecule has 5 nitrogen and oxygen atoms in total. The van der Waals surface area contributed by atoms with Crippen molar-refractivity contribution in [2.75, 3.05) is 11.9 Å². The van der Waals surface area contributed by atoms with Crippen molar-refractivity contribution in [3.8, 4) is 0 Å². The molecule has 1 aliphatic carbocycles. The van der Waals surface area contributed by atoms with Crippen molar-refractivity contribution in [3.63, 3.8) is 0 Å². The van der Waals surface area contributed by atoms with Gasteiger partial charge in [0, 0.05) is 25.1 Å². The Morgan fingerprint density at radius 2 is 2.29 bits per heavy atom. The van der Waals surface area contributed by atoms with E-state index in [2.05, 4.69) is 25.6 Å². The second kappa shape index (κ2) is 4.70. The van der Waals surface area contributed by atoms with Gasteiger partial charge in [-0.2, -0.15) is 0 Å². The fourth-order valence-corrected chi connectivity index (χ4v) is 3.72. The molecular weight excluding hydrogens is 306 g/mol. The van der Waals surface area contributed by atoms with Crippen molar-refractivity contribution in [1.29, 1.82) is 0 Å². The zero-order chi connectivity index (χ0) is 12.5. The van der Waals surface area contributed by atoms with E-state index in [0.717, 1.165) is 24.6 Å². The van der Waals surface area contributed by atoms with Crippen LogP contribution in [0.3, 0.4) is 0 Å². The van der Waals surface area contributed by atoms with Crippen LogP contribution in [0, 0.1) is 5.41 Å². The predicted octanol–water partition coefficient (Wildman–Crippen LogP) is 1.26. The number of halogens is 1. The molecule has 0 spiro atoms. The summed E-state index contributed by atoms with van der Waals surface area (Å²) in [4.78, 5) is 3.86. The Bertz CT molecular complexity index is 493. The Labute approximate surface area is 110 Å². The number of nitrogens with zero attached hydrogens (tertiary/aromatic N) is 2. The molecule has 1 aliphatic rings. The van der Waals surface area contributed by atoms with Crippen LogP contribution in [0.5, 0.6) is 0 Å². The SMILES string of the molecule is Cn1cnc(S(=O)(=O)NCC2(CCBr)CC2)c1. The Morgan fingerprint density at radius 3 is 2.76 bits per heavy atom. The van der Waals surface area contributed by atoms with Crippen molar-refractivity contribution in [2.24, 2.45) is 12.5 Å². The minimum Gasteiger partial charge on any atom is -0.339 e. The third kappa shape index (κ3) is 3.08. The summed E-state index contributed by atoms with van der Waals surface area (Å²) in [5, 5.41) is 1.01. The molecule has 1 aromatic rings. The number of imidazole rings is 1. The van der Waals surface area contributed by atoms with Crippen LogP contribution in [-0.2, 0) is 17.1 Å².